The smallest absolute Gasteiger partial charge is 0.319 e. The number of carbonyl (C=O) groups is 1. The Morgan fingerprint density at radius 2 is 1.91 bits per heavy atom. The number of anilines is 1. The Kier molecular flexibility index (Phi) is 4.95. The molecule has 2 rings (SSSR count). The monoisotopic (exact) mass is 313 g/mol. The summed E-state index contributed by atoms with van der Waals surface area (Å²) >= 11 is 0. The predicted molar refractivity (Wildman–Crippen MR) is 89.6 cm³/mol. The molecule has 0 saturated heterocycles. The van der Waals surface area contributed by atoms with E-state index in [1.165, 1.54) is 11.6 Å². The van der Waals surface area contributed by atoms with E-state index >= 15 is 0 Å². The zero-order valence-corrected chi connectivity index (χ0v) is 13.3. The fraction of sp³-hybridized carbons (Fsp3) is 0.235. The SMILES string of the molecule is Cc1ccc(CNC(=O)Nc2cccc([N+](=O)[O-])c2C)c(C)c1. The number of nitrogens with zero attached hydrogens (tertiary/aromatic N) is 1. The average molecular weight is 313 g/mol. The van der Waals surface area contributed by atoms with Crippen LogP contribution >= 0.6 is 0 Å². The third-order valence-corrected chi connectivity index (χ3v) is 3.69. The maximum atomic E-state index is 12.0. The highest BCUT2D eigenvalue weighted by Gasteiger charge is 2.14. The van der Waals surface area contributed by atoms with Crippen LogP contribution in [-0.2, 0) is 6.54 Å². The minimum absolute atomic E-state index is 0.0165. The van der Waals surface area contributed by atoms with Crippen LogP contribution in [0, 0.1) is 30.9 Å². The Morgan fingerprint density at radius 1 is 1.17 bits per heavy atom. The lowest BCUT2D eigenvalue weighted by molar-refractivity contribution is -0.385. The number of hydrogen-bond donors (Lipinski definition) is 2. The van der Waals surface area contributed by atoms with Crippen molar-refractivity contribution >= 4 is 17.4 Å². The summed E-state index contributed by atoms with van der Waals surface area (Å²) in [4.78, 5) is 22.5. The first-order valence-electron chi connectivity index (χ1n) is 7.23. The summed E-state index contributed by atoms with van der Waals surface area (Å²) in [5.74, 6) is 0. The second-order valence-electron chi connectivity index (χ2n) is 5.44. The first-order chi connectivity index (χ1) is 10.9. The van der Waals surface area contributed by atoms with Crippen LogP contribution in [0.4, 0.5) is 16.2 Å². The summed E-state index contributed by atoms with van der Waals surface area (Å²) in [6.07, 6.45) is 0. The fourth-order valence-electron chi connectivity index (χ4n) is 2.34. The van der Waals surface area contributed by atoms with Crippen molar-refractivity contribution < 1.29 is 9.72 Å². The van der Waals surface area contributed by atoms with Crippen molar-refractivity contribution in [1.82, 2.24) is 5.32 Å². The number of urea groups is 1. The lowest BCUT2D eigenvalue weighted by atomic mass is 10.1. The Bertz CT molecular complexity index is 757. The molecule has 6 nitrogen and oxygen atoms in total. The number of amides is 2. The van der Waals surface area contributed by atoms with Gasteiger partial charge in [-0.15, -0.1) is 0 Å². The lowest BCUT2D eigenvalue weighted by Gasteiger charge is -2.11. The van der Waals surface area contributed by atoms with Crippen LogP contribution in [0.3, 0.4) is 0 Å². The van der Waals surface area contributed by atoms with Gasteiger partial charge in [0.05, 0.1) is 16.2 Å². The molecule has 0 aliphatic carbocycles. The standard InChI is InChI=1S/C17H19N3O3/c1-11-7-8-14(12(2)9-11)10-18-17(21)19-15-5-4-6-16(13(15)3)20(22)23/h4-9H,10H2,1-3H3,(H2,18,19,21). The van der Waals surface area contributed by atoms with Gasteiger partial charge in [0.1, 0.15) is 0 Å². The van der Waals surface area contributed by atoms with Crippen molar-refractivity contribution in [2.24, 2.45) is 0 Å². The van der Waals surface area contributed by atoms with Gasteiger partial charge in [-0.25, -0.2) is 4.79 Å². The number of benzene rings is 2. The topological polar surface area (TPSA) is 84.3 Å². The van der Waals surface area contributed by atoms with E-state index in [9.17, 15) is 14.9 Å². The first kappa shape index (κ1) is 16.5. The highest BCUT2D eigenvalue weighted by atomic mass is 16.6. The number of nitro groups is 1. The molecule has 0 aliphatic heterocycles. The van der Waals surface area contributed by atoms with Gasteiger partial charge in [-0.2, -0.15) is 0 Å². The number of aryl methyl sites for hydroxylation is 2. The van der Waals surface area contributed by atoms with Crippen LogP contribution in [0.2, 0.25) is 0 Å². The Morgan fingerprint density at radius 3 is 2.57 bits per heavy atom. The average Bonchev–Trinajstić information content (AvgIpc) is 2.48. The van der Waals surface area contributed by atoms with E-state index in [0.717, 1.165) is 11.1 Å². The first-order valence-corrected chi connectivity index (χ1v) is 7.23. The summed E-state index contributed by atoms with van der Waals surface area (Å²) in [5.41, 5.74) is 4.15. The molecule has 0 spiro atoms. The Labute approximate surface area is 134 Å². The second-order valence-corrected chi connectivity index (χ2v) is 5.44. The maximum absolute atomic E-state index is 12.0. The highest BCUT2D eigenvalue weighted by Crippen LogP contribution is 2.24. The molecule has 0 bridgehead atoms. The van der Waals surface area contributed by atoms with Crippen molar-refractivity contribution in [3.63, 3.8) is 0 Å². The summed E-state index contributed by atoms with van der Waals surface area (Å²) in [6, 6.07) is 10.2. The van der Waals surface area contributed by atoms with Gasteiger partial charge in [-0.3, -0.25) is 10.1 Å². The number of nitrogens with one attached hydrogen (secondary N) is 2. The molecule has 0 atom stereocenters. The maximum Gasteiger partial charge on any atom is 0.319 e. The molecule has 6 heteroatoms. The van der Waals surface area contributed by atoms with Gasteiger partial charge in [0.2, 0.25) is 0 Å². The minimum atomic E-state index is -0.464. The lowest BCUT2D eigenvalue weighted by Crippen LogP contribution is -2.28. The Hall–Kier alpha value is -2.89. The molecule has 0 unspecified atom stereocenters. The van der Waals surface area contributed by atoms with Crippen LogP contribution < -0.4 is 10.6 Å². The van der Waals surface area contributed by atoms with E-state index in [1.54, 1.807) is 19.1 Å². The molecule has 23 heavy (non-hydrogen) atoms. The summed E-state index contributed by atoms with van der Waals surface area (Å²) in [5, 5.41) is 16.3. The summed E-state index contributed by atoms with van der Waals surface area (Å²) in [7, 11) is 0. The second kappa shape index (κ2) is 6.91. The van der Waals surface area contributed by atoms with E-state index in [-0.39, 0.29) is 5.69 Å². The zero-order chi connectivity index (χ0) is 17.0. The zero-order valence-electron chi connectivity index (χ0n) is 13.3. The molecule has 2 aromatic carbocycles. The van der Waals surface area contributed by atoms with Crippen LogP contribution in [0.5, 0.6) is 0 Å². The number of rotatable bonds is 4. The third kappa shape index (κ3) is 4.06. The van der Waals surface area contributed by atoms with Gasteiger partial charge in [0.15, 0.2) is 0 Å². The number of hydrogen-bond acceptors (Lipinski definition) is 3. The van der Waals surface area contributed by atoms with Crippen LogP contribution in [0.25, 0.3) is 0 Å². The molecular formula is C17H19N3O3. The molecule has 0 heterocycles. The van der Waals surface area contributed by atoms with Gasteiger partial charge >= 0.3 is 6.03 Å². The van der Waals surface area contributed by atoms with Crippen LogP contribution in [0.15, 0.2) is 36.4 Å². The number of nitro benzene ring substituents is 1. The van der Waals surface area contributed by atoms with Gasteiger partial charge in [-0.05, 0) is 38.0 Å². The van der Waals surface area contributed by atoms with E-state index in [0.29, 0.717) is 17.8 Å². The van der Waals surface area contributed by atoms with Gasteiger partial charge < -0.3 is 10.6 Å². The molecule has 0 saturated carbocycles. The Balaban J connectivity index is 2.03. The van der Waals surface area contributed by atoms with Gasteiger partial charge in [0, 0.05) is 12.6 Å². The quantitative estimate of drug-likeness (QED) is 0.664. The van der Waals surface area contributed by atoms with Crippen molar-refractivity contribution in [1.29, 1.82) is 0 Å². The molecule has 0 aromatic heterocycles. The van der Waals surface area contributed by atoms with Crippen LogP contribution in [0.1, 0.15) is 22.3 Å². The van der Waals surface area contributed by atoms with Crippen molar-refractivity contribution in [3.8, 4) is 0 Å². The van der Waals surface area contributed by atoms with Crippen molar-refractivity contribution in [3.05, 3.63) is 68.8 Å². The highest BCUT2D eigenvalue weighted by molar-refractivity contribution is 5.90. The molecule has 2 aromatic rings. The van der Waals surface area contributed by atoms with E-state index in [4.69, 9.17) is 0 Å². The minimum Gasteiger partial charge on any atom is -0.334 e. The van der Waals surface area contributed by atoms with Gasteiger partial charge in [-0.1, -0.05) is 29.8 Å². The van der Waals surface area contributed by atoms with Crippen molar-refractivity contribution in [2.75, 3.05) is 5.32 Å². The fourth-order valence-corrected chi connectivity index (χ4v) is 2.34. The summed E-state index contributed by atoms with van der Waals surface area (Å²) in [6.45, 7) is 6.01. The van der Waals surface area contributed by atoms with Crippen LogP contribution in [-0.4, -0.2) is 11.0 Å². The van der Waals surface area contributed by atoms with E-state index in [2.05, 4.69) is 16.7 Å². The summed E-state index contributed by atoms with van der Waals surface area (Å²) < 4.78 is 0. The van der Waals surface area contributed by atoms with E-state index < -0.39 is 11.0 Å². The third-order valence-electron chi connectivity index (χ3n) is 3.69. The molecule has 0 aliphatic rings. The molecular weight excluding hydrogens is 294 g/mol. The van der Waals surface area contributed by atoms with Gasteiger partial charge in [0.25, 0.3) is 5.69 Å². The van der Waals surface area contributed by atoms with Crippen molar-refractivity contribution in [2.45, 2.75) is 27.3 Å². The number of carbonyl (C=O) groups excluding carboxylic acids is 1. The molecule has 2 amide bonds. The normalized spacial score (nSPS) is 10.2. The molecule has 0 fully saturated rings. The molecule has 120 valence electrons. The largest absolute Gasteiger partial charge is 0.334 e. The van der Waals surface area contributed by atoms with E-state index in [1.807, 2.05) is 26.0 Å². The predicted octanol–water partition coefficient (Wildman–Crippen LogP) is 3.84. The molecule has 2 N–H and O–H groups in total. The molecule has 0 radical (unpaired) electrons.